The fourth-order valence-corrected chi connectivity index (χ4v) is 5.00. The number of fused-ring (bicyclic) bond motifs is 1. The summed E-state index contributed by atoms with van der Waals surface area (Å²) in [6.07, 6.45) is 7.88. The first kappa shape index (κ1) is 18.1. The van der Waals surface area contributed by atoms with Crippen LogP contribution in [-0.4, -0.2) is 45.4 Å². The van der Waals surface area contributed by atoms with Gasteiger partial charge in [-0.25, -0.2) is 0 Å². The lowest BCUT2D eigenvalue weighted by Gasteiger charge is -2.33. The quantitative estimate of drug-likeness (QED) is 0.863. The number of hydrogen-bond acceptors (Lipinski definition) is 5. The van der Waals surface area contributed by atoms with Crippen LogP contribution in [-0.2, 0) is 19.6 Å². The Morgan fingerprint density at radius 1 is 1.07 bits per heavy atom. The monoisotopic (exact) mass is 381 g/mol. The van der Waals surface area contributed by atoms with Crippen molar-refractivity contribution in [2.45, 2.75) is 70.2 Å². The van der Waals surface area contributed by atoms with Crippen molar-refractivity contribution in [1.29, 1.82) is 0 Å². The summed E-state index contributed by atoms with van der Waals surface area (Å²) in [5.74, 6) is 3.82. The Labute approximate surface area is 167 Å². The van der Waals surface area contributed by atoms with Gasteiger partial charge in [-0.3, -0.25) is 4.90 Å². The number of rotatable bonds is 5. The second kappa shape index (κ2) is 8.21. The Balaban J connectivity index is 1.24. The molecule has 6 nitrogen and oxygen atoms in total. The average Bonchev–Trinajstić information content (AvgIpc) is 3.38. The smallest absolute Gasteiger partial charge is 0.147 e. The molecule has 0 bridgehead atoms. The molecule has 3 aliphatic rings. The van der Waals surface area contributed by atoms with E-state index in [1.165, 1.54) is 49.9 Å². The lowest BCUT2D eigenvalue weighted by molar-refractivity contribution is 0.192. The largest absolute Gasteiger partial charge is 0.490 e. The summed E-state index contributed by atoms with van der Waals surface area (Å²) in [7, 11) is 0. The van der Waals surface area contributed by atoms with Crippen LogP contribution in [0.1, 0.15) is 61.7 Å². The molecule has 1 aromatic heterocycles. The van der Waals surface area contributed by atoms with Crippen molar-refractivity contribution in [2.24, 2.45) is 0 Å². The molecule has 1 N–H and O–H groups in total. The maximum atomic E-state index is 6.20. The van der Waals surface area contributed by atoms with E-state index in [-0.39, 0.29) is 0 Å². The first-order valence-corrected chi connectivity index (χ1v) is 11.0. The van der Waals surface area contributed by atoms with Crippen molar-refractivity contribution in [3.05, 3.63) is 41.5 Å². The Hall–Kier alpha value is -1.92. The van der Waals surface area contributed by atoms with E-state index in [0.29, 0.717) is 12.0 Å². The highest BCUT2D eigenvalue weighted by Crippen LogP contribution is 2.29. The SMILES string of the molecule is c1cc(CN2CCC[C@@H](c3nnc4n3CCNC4)C2)cc(OC2CCCC2)c1. The third-order valence-corrected chi connectivity index (χ3v) is 6.43. The summed E-state index contributed by atoms with van der Waals surface area (Å²) in [5.41, 5.74) is 1.35. The van der Waals surface area contributed by atoms with E-state index in [2.05, 4.69) is 49.2 Å². The van der Waals surface area contributed by atoms with Crippen molar-refractivity contribution in [3.8, 4) is 5.75 Å². The van der Waals surface area contributed by atoms with Crippen LogP contribution < -0.4 is 10.1 Å². The number of ether oxygens (including phenoxy) is 1. The van der Waals surface area contributed by atoms with E-state index in [1.807, 2.05) is 0 Å². The molecule has 0 unspecified atom stereocenters. The lowest BCUT2D eigenvalue weighted by atomic mass is 9.96. The molecule has 0 radical (unpaired) electrons. The van der Waals surface area contributed by atoms with Gasteiger partial charge in [0, 0.05) is 32.1 Å². The Bertz CT molecular complexity index is 798. The minimum atomic E-state index is 0.420. The molecular formula is C22H31N5O. The van der Waals surface area contributed by atoms with Gasteiger partial charge in [-0.1, -0.05) is 12.1 Å². The Kier molecular flexibility index (Phi) is 5.32. The van der Waals surface area contributed by atoms with Crippen LogP contribution in [0.5, 0.6) is 5.75 Å². The van der Waals surface area contributed by atoms with Crippen molar-refractivity contribution in [2.75, 3.05) is 19.6 Å². The predicted octanol–water partition coefficient (Wildman–Crippen LogP) is 3.08. The molecule has 6 heteroatoms. The van der Waals surface area contributed by atoms with Gasteiger partial charge in [0.1, 0.15) is 17.4 Å². The normalized spacial score (nSPS) is 23.6. The van der Waals surface area contributed by atoms with E-state index < -0.39 is 0 Å². The van der Waals surface area contributed by atoms with Crippen molar-refractivity contribution in [3.63, 3.8) is 0 Å². The molecule has 5 rings (SSSR count). The van der Waals surface area contributed by atoms with Gasteiger partial charge in [0.25, 0.3) is 0 Å². The van der Waals surface area contributed by atoms with Crippen molar-refractivity contribution >= 4 is 0 Å². The highest BCUT2D eigenvalue weighted by atomic mass is 16.5. The molecule has 150 valence electrons. The maximum absolute atomic E-state index is 6.20. The average molecular weight is 382 g/mol. The van der Waals surface area contributed by atoms with E-state index in [0.717, 1.165) is 50.8 Å². The molecule has 1 aromatic carbocycles. The van der Waals surface area contributed by atoms with Gasteiger partial charge in [-0.2, -0.15) is 0 Å². The second-order valence-electron chi connectivity index (χ2n) is 8.55. The third kappa shape index (κ3) is 3.94. The summed E-state index contributed by atoms with van der Waals surface area (Å²) < 4.78 is 8.55. The van der Waals surface area contributed by atoms with Gasteiger partial charge in [-0.15, -0.1) is 10.2 Å². The van der Waals surface area contributed by atoms with E-state index in [4.69, 9.17) is 4.74 Å². The minimum Gasteiger partial charge on any atom is -0.490 e. The highest BCUT2D eigenvalue weighted by Gasteiger charge is 2.27. The van der Waals surface area contributed by atoms with Crippen LogP contribution in [0.4, 0.5) is 0 Å². The summed E-state index contributed by atoms with van der Waals surface area (Å²) in [6.45, 7) is 6.07. The zero-order valence-electron chi connectivity index (χ0n) is 16.6. The molecule has 2 aromatic rings. The number of aromatic nitrogens is 3. The Morgan fingerprint density at radius 3 is 2.93 bits per heavy atom. The minimum absolute atomic E-state index is 0.420. The first-order valence-electron chi connectivity index (χ1n) is 11.0. The summed E-state index contributed by atoms with van der Waals surface area (Å²) >= 11 is 0. The van der Waals surface area contributed by atoms with E-state index >= 15 is 0 Å². The molecule has 2 fully saturated rings. The zero-order chi connectivity index (χ0) is 18.8. The van der Waals surface area contributed by atoms with Crippen LogP contribution in [0.3, 0.4) is 0 Å². The van der Waals surface area contributed by atoms with Crippen LogP contribution in [0.25, 0.3) is 0 Å². The fourth-order valence-electron chi connectivity index (χ4n) is 5.00. The fraction of sp³-hybridized carbons (Fsp3) is 0.636. The highest BCUT2D eigenvalue weighted by molar-refractivity contribution is 5.29. The topological polar surface area (TPSA) is 55.2 Å². The summed E-state index contributed by atoms with van der Waals surface area (Å²) in [5, 5.41) is 12.4. The molecule has 1 saturated heterocycles. The van der Waals surface area contributed by atoms with Gasteiger partial charge in [0.05, 0.1) is 12.6 Å². The molecule has 3 heterocycles. The van der Waals surface area contributed by atoms with Crippen molar-refractivity contribution in [1.82, 2.24) is 25.0 Å². The number of benzene rings is 1. The molecule has 1 aliphatic carbocycles. The van der Waals surface area contributed by atoms with E-state index in [9.17, 15) is 0 Å². The molecule has 0 spiro atoms. The molecule has 28 heavy (non-hydrogen) atoms. The Morgan fingerprint density at radius 2 is 2.00 bits per heavy atom. The van der Waals surface area contributed by atoms with E-state index in [1.54, 1.807) is 0 Å². The van der Waals surface area contributed by atoms with Gasteiger partial charge >= 0.3 is 0 Å². The van der Waals surface area contributed by atoms with Gasteiger partial charge in [0.15, 0.2) is 0 Å². The third-order valence-electron chi connectivity index (χ3n) is 6.43. The molecule has 0 amide bonds. The number of hydrogen-bond donors (Lipinski definition) is 1. The number of nitrogens with zero attached hydrogens (tertiary/aromatic N) is 4. The molecule has 1 atom stereocenters. The van der Waals surface area contributed by atoms with Gasteiger partial charge in [-0.05, 0) is 62.8 Å². The van der Waals surface area contributed by atoms with Crippen LogP contribution in [0.15, 0.2) is 24.3 Å². The summed E-state index contributed by atoms with van der Waals surface area (Å²) in [6, 6.07) is 8.72. The maximum Gasteiger partial charge on any atom is 0.147 e. The van der Waals surface area contributed by atoms with Gasteiger partial charge < -0.3 is 14.6 Å². The van der Waals surface area contributed by atoms with Crippen LogP contribution >= 0.6 is 0 Å². The van der Waals surface area contributed by atoms with Crippen molar-refractivity contribution < 1.29 is 4.74 Å². The molecule has 2 aliphatic heterocycles. The standard InChI is InChI=1S/C22H31N5O/c1-2-8-19(7-1)28-20-9-3-5-17(13-20)15-26-11-4-6-18(16-26)22-25-24-21-14-23-10-12-27(21)22/h3,5,9,13,18-19,23H,1-2,4,6-8,10-12,14-16H2/t18-/m1/s1. The van der Waals surface area contributed by atoms with Crippen LogP contribution in [0, 0.1) is 0 Å². The number of nitrogens with one attached hydrogen (secondary N) is 1. The number of piperidine rings is 1. The predicted molar refractivity (Wildman–Crippen MR) is 108 cm³/mol. The lowest BCUT2D eigenvalue weighted by Crippen LogP contribution is -2.36. The first-order chi connectivity index (χ1) is 13.8. The zero-order valence-corrected chi connectivity index (χ0v) is 16.6. The molecule has 1 saturated carbocycles. The van der Waals surface area contributed by atoms with Crippen LogP contribution in [0.2, 0.25) is 0 Å². The van der Waals surface area contributed by atoms with Gasteiger partial charge in [0.2, 0.25) is 0 Å². The number of likely N-dealkylation sites (tertiary alicyclic amines) is 1. The second-order valence-corrected chi connectivity index (χ2v) is 8.55. The summed E-state index contributed by atoms with van der Waals surface area (Å²) in [4.78, 5) is 2.57. The molecular weight excluding hydrogens is 350 g/mol.